The van der Waals surface area contributed by atoms with Gasteiger partial charge in [-0.2, -0.15) is 24.9 Å². The summed E-state index contributed by atoms with van der Waals surface area (Å²) in [5.41, 5.74) is 1.69. The normalized spacial score (nSPS) is 12.7. The molecule has 0 saturated carbocycles. The van der Waals surface area contributed by atoms with Crippen molar-refractivity contribution in [3.05, 3.63) is 53.7 Å². The molecule has 136 valence electrons. The molecule has 3 aromatic rings. The maximum absolute atomic E-state index is 12.9. The third kappa shape index (κ3) is 3.90. The number of halogens is 3. The molecule has 0 aromatic carbocycles. The molecule has 0 amide bonds. The zero-order valence-corrected chi connectivity index (χ0v) is 15.1. The van der Waals surface area contributed by atoms with E-state index in [9.17, 15) is 13.2 Å². The smallest absolute Gasteiger partial charge is 0.312 e. The Morgan fingerprint density at radius 2 is 2.12 bits per heavy atom. The number of aryl methyl sites for hydroxylation is 1. The number of pyridine rings is 2. The third-order valence-corrected chi connectivity index (χ3v) is 4.73. The monoisotopic (exact) mass is 378 g/mol. The fraction of sp³-hybridized carbons (Fsp3) is 0.278. The molecule has 0 aliphatic carbocycles. The fourth-order valence-corrected chi connectivity index (χ4v) is 3.20. The molecule has 0 fully saturated rings. The van der Waals surface area contributed by atoms with Gasteiger partial charge < -0.3 is 4.57 Å². The lowest BCUT2D eigenvalue weighted by molar-refractivity contribution is -0.137. The van der Waals surface area contributed by atoms with Gasteiger partial charge in [0, 0.05) is 37.0 Å². The topological polar surface area (TPSA) is 43.6 Å². The zero-order valence-electron chi connectivity index (χ0n) is 14.3. The van der Waals surface area contributed by atoms with Crippen LogP contribution in [-0.2, 0) is 13.2 Å². The Morgan fingerprint density at radius 3 is 2.77 bits per heavy atom. The van der Waals surface area contributed by atoms with Crippen molar-refractivity contribution in [2.75, 3.05) is 11.5 Å². The Labute approximate surface area is 153 Å². The van der Waals surface area contributed by atoms with Gasteiger partial charge in [-0.1, -0.05) is 13.0 Å². The first-order chi connectivity index (χ1) is 12.4. The van der Waals surface area contributed by atoms with E-state index in [4.69, 9.17) is 0 Å². The first-order valence-corrected chi connectivity index (χ1v) is 9.14. The minimum Gasteiger partial charge on any atom is -0.312 e. The maximum atomic E-state index is 12.9. The quantitative estimate of drug-likeness (QED) is 0.647. The molecule has 0 N–H and O–H groups in total. The van der Waals surface area contributed by atoms with E-state index in [0.29, 0.717) is 17.2 Å². The number of thioether (sulfide) groups is 1. The van der Waals surface area contributed by atoms with Crippen molar-refractivity contribution in [2.24, 2.45) is 7.05 Å². The van der Waals surface area contributed by atoms with E-state index in [1.54, 1.807) is 35.8 Å². The number of hydrogen-bond acceptors (Lipinski definition) is 4. The van der Waals surface area contributed by atoms with Gasteiger partial charge in [0.05, 0.1) is 5.56 Å². The van der Waals surface area contributed by atoms with E-state index >= 15 is 0 Å². The van der Waals surface area contributed by atoms with Crippen LogP contribution in [0.1, 0.15) is 23.9 Å². The van der Waals surface area contributed by atoms with Gasteiger partial charge >= 0.3 is 6.18 Å². The molecule has 26 heavy (non-hydrogen) atoms. The molecule has 3 rings (SSSR count). The van der Waals surface area contributed by atoms with Crippen molar-refractivity contribution >= 4 is 34.6 Å². The molecule has 4 nitrogen and oxygen atoms in total. The highest BCUT2D eigenvalue weighted by Gasteiger charge is 2.31. The summed E-state index contributed by atoms with van der Waals surface area (Å²) in [6.45, 7) is 2.05. The highest BCUT2D eigenvalue weighted by Crippen LogP contribution is 2.31. The average Bonchev–Trinajstić information content (AvgIpc) is 2.95. The Kier molecular flexibility index (Phi) is 5.31. The van der Waals surface area contributed by atoms with Crippen LogP contribution in [0, 0.1) is 0 Å². The van der Waals surface area contributed by atoms with Crippen molar-refractivity contribution < 1.29 is 13.2 Å². The lowest BCUT2D eigenvalue weighted by Gasteiger charge is -2.07. The molecule has 0 aliphatic heterocycles. The molecule has 3 heterocycles. The van der Waals surface area contributed by atoms with E-state index in [2.05, 4.69) is 21.9 Å². The predicted molar refractivity (Wildman–Crippen MR) is 98.6 cm³/mol. The van der Waals surface area contributed by atoms with Crippen LogP contribution in [0.25, 0.3) is 22.8 Å². The van der Waals surface area contributed by atoms with Gasteiger partial charge in [0.1, 0.15) is 11.3 Å². The second-order valence-electron chi connectivity index (χ2n) is 5.65. The van der Waals surface area contributed by atoms with Crippen LogP contribution in [0.5, 0.6) is 0 Å². The predicted octanol–water partition coefficient (Wildman–Crippen LogP) is 4.68. The minimum absolute atomic E-state index is 0.232. The number of fused-ring (bicyclic) bond motifs is 1. The largest absolute Gasteiger partial charge is 0.417 e. The summed E-state index contributed by atoms with van der Waals surface area (Å²) in [5, 5.41) is 0. The van der Waals surface area contributed by atoms with Crippen LogP contribution < -0.4 is 0 Å². The summed E-state index contributed by atoms with van der Waals surface area (Å²) in [7, 11) is 1.76. The van der Waals surface area contributed by atoms with Crippen LogP contribution >= 0.6 is 11.8 Å². The molecule has 0 saturated heterocycles. The first kappa shape index (κ1) is 18.4. The second-order valence-corrected chi connectivity index (χ2v) is 6.93. The summed E-state index contributed by atoms with van der Waals surface area (Å²) in [6.07, 6.45) is 1.79. The molecule has 0 radical (unpaired) electrons. The lowest BCUT2D eigenvalue weighted by Crippen LogP contribution is -2.05. The molecule has 3 aromatic heterocycles. The van der Waals surface area contributed by atoms with Gasteiger partial charge in [0.2, 0.25) is 0 Å². The molecular weight excluding hydrogens is 361 g/mol. The molecule has 0 spiro atoms. The van der Waals surface area contributed by atoms with Crippen LogP contribution in [0.3, 0.4) is 0 Å². The molecule has 0 unspecified atom stereocenters. The van der Waals surface area contributed by atoms with Gasteiger partial charge in [-0.15, -0.1) is 0 Å². The Hall–Kier alpha value is -2.35. The zero-order chi connectivity index (χ0) is 18.7. The number of imidazole rings is 1. The number of aromatic nitrogens is 4. The van der Waals surface area contributed by atoms with Crippen molar-refractivity contribution in [1.82, 2.24) is 19.5 Å². The molecule has 0 aliphatic rings. The van der Waals surface area contributed by atoms with E-state index in [1.165, 1.54) is 0 Å². The molecular formula is C18H17F3N4S. The summed E-state index contributed by atoms with van der Waals surface area (Å²) in [6, 6.07) is 4.80. The average molecular weight is 378 g/mol. The van der Waals surface area contributed by atoms with Gasteiger partial charge in [0.25, 0.3) is 0 Å². The van der Waals surface area contributed by atoms with Crippen molar-refractivity contribution in [3.8, 4) is 0 Å². The van der Waals surface area contributed by atoms with E-state index in [0.717, 1.165) is 29.2 Å². The van der Waals surface area contributed by atoms with Gasteiger partial charge in [-0.05, 0) is 29.5 Å². The van der Waals surface area contributed by atoms with E-state index < -0.39 is 11.7 Å². The van der Waals surface area contributed by atoms with Crippen molar-refractivity contribution in [3.63, 3.8) is 0 Å². The fourth-order valence-electron chi connectivity index (χ4n) is 2.56. The summed E-state index contributed by atoms with van der Waals surface area (Å²) < 4.78 is 40.5. The number of nitrogens with zero attached hydrogens (tertiary/aromatic N) is 4. The Balaban J connectivity index is 2.10. The molecule has 8 heteroatoms. The highest BCUT2D eigenvalue weighted by atomic mass is 32.2. The SMILES string of the molecule is CCSC/C(=C\c1cccnc1)c1nc2cc(C(F)(F)F)cnc2n1C. The minimum atomic E-state index is -4.44. The number of alkyl halides is 3. The van der Waals surface area contributed by atoms with E-state index in [1.807, 2.05) is 18.2 Å². The standard InChI is InChI=1S/C18H17F3N4S/c1-3-26-11-13(7-12-5-4-6-22-9-12)16-24-15-8-14(18(19,20)21)10-23-17(15)25(16)2/h4-10H,3,11H2,1-2H3/b13-7+. The van der Waals surface area contributed by atoms with Crippen LogP contribution in [0.2, 0.25) is 0 Å². The summed E-state index contributed by atoms with van der Waals surface area (Å²) in [5.74, 6) is 2.22. The van der Waals surface area contributed by atoms with Crippen LogP contribution in [-0.4, -0.2) is 31.0 Å². The number of rotatable bonds is 5. The summed E-state index contributed by atoms with van der Waals surface area (Å²) in [4.78, 5) is 12.5. The van der Waals surface area contributed by atoms with E-state index in [-0.39, 0.29) is 5.52 Å². The lowest BCUT2D eigenvalue weighted by atomic mass is 10.2. The van der Waals surface area contributed by atoms with Gasteiger partial charge in [-0.25, -0.2) is 9.97 Å². The second kappa shape index (κ2) is 7.49. The van der Waals surface area contributed by atoms with Crippen molar-refractivity contribution in [1.29, 1.82) is 0 Å². The Bertz CT molecular complexity index is 933. The Morgan fingerprint density at radius 1 is 1.31 bits per heavy atom. The van der Waals surface area contributed by atoms with Gasteiger partial charge in [0.15, 0.2) is 5.65 Å². The third-order valence-electron chi connectivity index (χ3n) is 3.81. The molecule has 0 bridgehead atoms. The maximum Gasteiger partial charge on any atom is 0.417 e. The number of hydrogen-bond donors (Lipinski definition) is 0. The highest BCUT2D eigenvalue weighted by molar-refractivity contribution is 7.99. The first-order valence-electron chi connectivity index (χ1n) is 7.98. The van der Waals surface area contributed by atoms with Crippen molar-refractivity contribution in [2.45, 2.75) is 13.1 Å². The molecule has 0 atom stereocenters. The van der Waals surface area contributed by atoms with Gasteiger partial charge in [-0.3, -0.25) is 4.98 Å². The van der Waals surface area contributed by atoms with Crippen LogP contribution in [0.4, 0.5) is 13.2 Å². The summed E-state index contributed by atoms with van der Waals surface area (Å²) >= 11 is 1.71. The van der Waals surface area contributed by atoms with Crippen LogP contribution in [0.15, 0.2) is 36.8 Å².